The van der Waals surface area contributed by atoms with Crippen molar-refractivity contribution < 1.29 is 0 Å². The molecular formula is C7H17N5OS. The van der Waals surface area contributed by atoms with Gasteiger partial charge < -0.3 is 5.73 Å². The van der Waals surface area contributed by atoms with Crippen molar-refractivity contribution in [1.29, 1.82) is 0 Å². The summed E-state index contributed by atoms with van der Waals surface area (Å²) in [7, 11) is 0. The van der Waals surface area contributed by atoms with Gasteiger partial charge >= 0.3 is 5.56 Å². The quantitative estimate of drug-likeness (QED) is 0.484. The van der Waals surface area contributed by atoms with Crippen LogP contribution in [-0.2, 0) is 0 Å². The number of hydrogen-bond donors (Lipinski definition) is 3. The minimum Gasteiger partial charge on any atom is -0.330 e. The number of aromatic amines is 1. The summed E-state index contributed by atoms with van der Waals surface area (Å²) in [5, 5.41) is 1.31. The highest BCUT2D eigenvalue weighted by molar-refractivity contribution is 6.99. The largest absolute Gasteiger partial charge is 0.330 e. The molecule has 0 spiro atoms. The van der Waals surface area contributed by atoms with Crippen LogP contribution in [0.5, 0.6) is 0 Å². The third-order valence-corrected chi connectivity index (χ3v) is 1.89. The first kappa shape index (κ1) is 13.1. The van der Waals surface area contributed by atoms with E-state index in [-0.39, 0.29) is 11.4 Å². The zero-order valence-electron chi connectivity index (χ0n) is 8.49. The molecule has 0 amide bonds. The molecule has 0 fully saturated rings. The van der Waals surface area contributed by atoms with Crippen LogP contribution in [0, 0.1) is 0 Å². The Morgan fingerprint density at radius 2 is 2.21 bits per heavy atom. The minimum absolute atomic E-state index is 0.250. The maximum atomic E-state index is 11.0. The first-order chi connectivity index (χ1) is 6.75. The Morgan fingerprint density at radius 3 is 2.64 bits per heavy atom. The van der Waals surface area contributed by atoms with E-state index in [1.165, 1.54) is 5.01 Å². The van der Waals surface area contributed by atoms with Crippen LogP contribution in [0.2, 0.25) is 0 Å². The highest BCUT2D eigenvalue weighted by Crippen LogP contribution is 1.99. The van der Waals surface area contributed by atoms with Crippen LogP contribution < -0.4 is 22.1 Å². The van der Waals surface area contributed by atoms with Crippen molar-refractivity contribution in [2.24, 2.45) is 11.6 Å². The smallest absolute Gasteiger partial charge is 0.303 e. The molecule has 1 aromatic rings. The maximum absolute atomic E-state index is 11.0. The third kappa shape index (κ3) is 3.86. The maximum Gasteiger partial charge on any atom is 0.303 e. The average Bonchev–Trinajstić information content (AvgIpc) is 2.64. The standard InChI is InChI=1S/C5H11N5OS.C2H6/c6-2-1-3-10(7)4-5(11)9-12-8-4;1-2/h1-3,6-7H2,(H,9,11);1-2H3. The highest BCUT2D eigenvalue weighted by atomic mass is 32.1. The first-order valence-electron chi connectivity index (χ1n) is 4.52. The molecule has 0 bridgehead atoms. The summed E-state index contributed by atoms with van der Waals surface area (Å²) in [6.45, 7) is 5.10. The summed E-state index contributed by atoms with van der Waals surface area (Å²) in [4.78, 5) is 11.0. The van der Waals surface area contributed by atoms with Crippen molar-refractivity contribution in [2.45, 2.75) is 20.3 Å². The van der Waals surface area contributed by atoms with E-state index in [9.17, 15) is 4.79 Å². The molecule has 5 N–H and O–H groups in total. The number of hydrazine groups is 1. The predicted molar refractivity (Wildman–Crippen MR) is 59.3 cm³/mol. The average molecular weight is 219 g/mol. The van der Waals surface area contributed by atoms with Crippen molar-refractivity contribution in [3.8, 4) is 0 Å². The molecule has 6 nitrogen and oxygen atoms in total. The van der Waals surface area contributed by atoms with Crippen molar-refractivity contribution in [3.63, 3.8) is 0 Å². The van der Waals surface area contributed by atoms with Gasteiger partial charge in [-0.3, -0.25) is 14.2 Å². The van der Waals surface area contributed by atoms with Crippen LogP contribution in [0.3, 0.4) is 0 Å². The van der Waals surface area contributed by atoms with E-state index in [1.54, 1.807) is 0 Å². The number of anilines is 1. The van der Waals surface area contributed by atoms with Gasteiger partial charge in [0.15, 0.2) is 0 Å². The topological polar surface area (TPSA) is 101 Å². The Morgan fingerprint density at radius 1 is 1.57 bits per heavy atom. The number of hydrogen-bond acceptors (Lipinski definition) is 6. The normalized spacial score (nSPS) is 9.14. The predicted octanol–water partition coefficient (Wildman–Crippen LogP) is -0.113. The van der Waals surface area contributed by atoms with Crippen LogP contribution in [0.25, 0.3) is 0 Å². The fraction of sp³-hybridized carbons (Fsp3) is 0.714. The number of nitrogens with two attached hydrogens (primary N) is 2. The van der Waals surface area contributed by atoms with Gasteiger partial charge in [0.1, 0.15) is 0 Å². The molecule has 14 heavy (non-hydrogen) atoms. The monoisotopic (exact) mass is 219 g/mol. The molecule has 1 heterocycles. The number of H-pyrrole nitrogens is 1. The van der Waals surface area contributed by atoms with Gasteiger partial charge in [-0.15, -0.1) is 0 Å². The fourth-order valence-corrected chi connectivity index (χ4v) is 1.24. The molecule has 0 aliphatic carbocycles. The van der Waals surface area contributed by atoms with Gasteiger partial charge in [0.25, 0.3) is 0 Å². The van der Waals surface area contributed by atoms with Crippen molar-refractivity contribution >= 4 is 17.5 Å². The van der Waals surface area contributed by atoms with Gasteiger partial charge in [0.05, 0.1) is 0 Å². The molecule has 82 valence electrons. The lowest BCUT2D eigenvalue weighted by Gasteiger charge is -2.12. The summed E-state index contributed by atoms with van der Waals surface area (Å²) < 4.78 is 6.25. The molecule has 0 radical (unpaired) electrons. The van der Waals surface area contributed by atoms with E-state index in [1.807, 2.05) is 13.8 Å². The lowest BCUT2D eigenvalue weighted by atomic mass is 10.4. The molecule has 0 saturated carbocycles. The lowest BCUT2D eigenvalue weighted by molar-refractivity contribution is 0.753. The van der Waals surface area contributed by atoms with Crippen LogP contribution >= 0.6 is 11.7 Å². The van der Waals surface area contributed by atoms with Crippen molar-refractivity contribution in [1.82, 2.24) is 8.75 Å². The number of nitrogens with one attached hydrogen (secondary N) is 1. The summed E-state index contributed by atoms with van der Waals surface area (Å²) in [5.41, 5.74) is 5.03. The van der Waals surface area contributed by atoms with Gasteiger partial charge in [0.2, 0.25) is 5.82 Å². The van der Waals surface area contributed by atoms with Gasteiger partial charge in [-0.05, 0) is 13.0 Å². The number of rotatable bonds is 4. The van der Waals surface area contributed by atoms with Gasteiger partial charge in [-0.2, -0.15) is 4.37 Å². The van der Waals surface area contributed by atoms with E-state index in [0.29, 0.717) is 13.1 Å². The molecule has 1 aromatic heterocycles. The number of nitrogens with zero attached hydrogens (tertiary/aromatic N) is 2. The fourth-order valence-electron chi connectivity index (χ4n) is 0.745. The second-order valence-corrected chi connectivity index (χ2v) is 2.84. The van der Waals surface area contributed by atoms with Gasteiger partial charge in [0, 0.05) is 18.3 Å². The van der Waals surface area contributed by atoms with Crippen LogP contribution in [0.15, 0.2) is 4.79 Å². The SMILES string of the molecule is CC.NCCCN(N)c1ns[nH]c1=O. The molecule has 7 heteroatoms. The summed E-state index contributed by atoms with van der Waals surface area (Å²) in [6.07, 6.45) is 0.744. The zero-order chi connectivity index (χ0) is 11.0. The molecule has 0 aromatic carbocycles. The lowest BCUT2D eigenvalue weighted by Crippen LogP contribution is -2.36. The zero-order valence-corrected chi connectivity index (χ0v) is 9.30. The van der Waals surface area contributed by atoms with E-state index in [4.69, 9.17) is 11.6 Å². The molecule has 0 atom stereocenters. The molecule has 0 unspecified atom stereocenters. The van der Waals surface area contributed by atoms with Crippen LogP contribution in [0.1, 0.15) is 20.3 Å². The Kier molecular flexibility index (Phi) is 6.99. The molecule has 1 rings (SSSR count). The molecule has 0 saturated heterocycles. The minimum atomic E-state index is -0.250. The van der Waals surface area contributed by atoms with Crippen LogP contribution in [0.4, 0.5) is 5.82 Å². The molecule has 0 aliphatic rings. The van der Waals surface area contributed by atoms with E-state index in [0.717, 1.165) is 18.1 Å². The second-order valence-electron chi connectivity index (χ2n) is 2.27. The Labute approximate surface area is 87.2 Å². The Bertz CT molecular complexity index is 284. The Hall–Kier alpha value is -0.920. The van der Waals surface area contributed by atoms with Crippen molar-refractivity contribution in [2.75, 3.05) is 18.1 Å². The third-order valence-electron chi connectivity index (χ3n) is 1.35. The van der Waals surface area contributed by atoms with Gasteiger partial charge in [-0.25, -0.2) is 5.84 Å². The van der Waals surface area contributed by atoms with Gasteiger partial charge in [-0.1, -0.05) is 13.8 Å². The van der Waals surface area contributed by atoms with Crippen LogP contribution in [-0.4, -0.2) is 21.8 Å². The number of aromatic nitrogens is 2. The first-order valence-corrected chi connectivity index (χ1v) is 5.29. The molecule has 0 aliphatic heterocycles. The van der Waals surface area contributed by atoms with E-state index >= 15 is 0 Å². The Balaban J connectivity index is 0.000000791. The van der Waals surface area contributed by atoms with E-state index in [2.05, 4.69) is 8.75 Å². The molecular weight excluding hydrogens is 202 g/mol. The van der Waals surface area contributed by atoms with E-state index < -0.39 is 0 Å². The summed E-state index contributed by atoms with van der Waals surface area (Å²) in [5.74, 6) is 5.79. The summed E-state index contributed by atoms with van der Waals surface area (Å²) >= 11 is 0.988. The second kappa shape index (κ2) is 7.48. The summed E-state index contributed by atoms with van der Waals surface area (Å²) in [6, 6.07) is 0. The highest BCUT2D eigenvalue weighted by Gasteiger charge is 2.07. The van der Waals surface area contributed by atoms with Crippen molar-refractivity contribution in [3.05, 3.63) is 10.4 Å².